The highest BCUT2D eigenvalue weighted by atomic mass is 16.5. The second kappa shape index (κ2) is 9.34. The van der Waals surface area contributed by atoms with Gasteiger partial charge in [0.1, 0.15) is 0 Å². The number of benzene rings is 3. The maximum atomic E-state index is 11.4. The van der Waals surface area contributed by atoms with Crippen molar-refractivity contribution in [1.82, 2.24) is 0 Å². The van der Waals surface area contributed by atoms with Gasteiger partial charge in [-0.3, -0.25) is 4.79 Å². The third-order valence-corrected chi connectivity index (χ3v) is 6.56. The van der Waals surface area contributed by atoms with Gasteiger partial charge in [0.15, 0.2) is 0 Å². The van der Waals surface area contributed by atoms with E-state index in [2.05, 4.69) is 78.6 Å². The lowest BCUT2D eigenvalue weighted by atomic mass is 9.95. The fourth-order valence-electron chi connectivity index (χ4n) is 4.93. The number of hydrogen-bond donors (Lipinski definition) is 0. The molecule has 3 heteroatoms. The van der Waals surface area contributed by atoms with Gasteiger partial charge in [-0.25, -0.2) is 0 Å². The number of ether oxygens (including phenoxy) is 1. The van der Waals surface area contributed by atoms with Crippen LogP contribution in [0.25, 0.3) is 10.8 Å². The lowest BCUT2D eigenvalue weighted by Gasteiger charge is -2.31. The first-order chi connectivity index (χ1) is 14.7. The van der Waals surface area contributed by atoms with Crippen LogP contribution < -0.4 is 4.90 Å². The summed E-state index contributed by atoms with van der Waals surface area (Å²) in [5, 5.41) is 2.66. The van der Waals surface area contributed by atoms with Crippen molar-refractivity contribution in [2.24, 2.45) is 0 Å². The molecule has 0 aromatic heterocycles. The molecule has 0 saturated heterocycles. The van der Waals surface area contributed by atoms with Crippen molar-refractivity contribution < 1.29 is 9.53 Å². The lowest BCUT2D eigenvalue weighted by Crippen LogP contribution is -2.33. The number of carbonyl (C=O) groups is 1. The lowest BCUT2D eigenvalue weighted by molar-refractivity contribution is -0.140. The molecule has 0 radical (unpaired) electrons. The largest absolute Gasteiger partial charge is 0.469 e. The average Bonchev–Trinajstić information content (AvgIpc) is 3.28. The molecule has 3 nitrogen and oxygen atoms in total. The van der Waals surface area contributed by atoms with Crippen molar-refractivity contribution >= 4 is 22.4 Å². The fourth-order valence-corrected chi connectivity index (χ4v) is 4.93. The molecular weight excluding hydrogens is 370 g/mol. The van der Waals surface area contributed by atoms with E-state index >= 15 is 0 Å². The van der Waals surface area contributed by atoms with Gasteiger partial charge < -0.3 is 9.64 Å². The molecule has 4 rings (SSSR count). The molecule has 1 saturated carbocycles. The predicted octanol–water partition coefficient (Wildman–Crippen LogP) is 6.11. The number of methoxy groups -OCH3 is 1. The summed E-state index contributed by atoms with van der Waals surface area (Å²) in [5.41, 5.74) is 3.98. The van der Waals surface area contributed by atoms with Gasteiger partial charge in [-0.1, -0.05) is 60.7 Å². The van der Waals surface area contributed by atoms with Gasteiger partial charge >= 0.3 is 5.97 Å². The first-order valence-corrected chi connectivity index (χ1v) is 11.1. The topological polar surface area (TPSA) is 29.5 Å². The minimum Gasteiger partial charge on any atom is -0.469 e. The van der Waals surface area contributed by atoms with Gasteiger partial charge in [0.25, 0.3) is 0 Å². The molecule has 30 heavy (non-hydrogen) atoms. The van der Waals surface area contributed by atoms with Gasteiger partial charge in [-0.15, -0.1) is 0 Å². The summed E-state index contributed by atoms with van der Waals surface area (Å²) in [6.45, 7) is 3.29. The third-order valence-electron chi connectivity index (χ3n) is 6.56. The zero-order valence-electron chi connectivity index (χ0n) is 18.0. The Kier molecular flexibility index (Phi) is 6.37. The Morgan fingerprint density at radius 2 is 1.77 bits per heavy atom. The van der Waals surface area contributed by atoms with Crippen LogP contribution in [0.5, 0.6) is 0 Å². The summed E-state index contributed by atoms with van der Waals surface area (Å²) >= 11 is 0. The molecule has 0 bridgehead atoms. The van der Waals surface area contributed by atoms with Crippen LogP contribution in [0.1, 0.15) is 49.7 Å². The van der Waals surface area contributed by atoms with Crippen LogP contribution in [-0.4, -0.2) is 25.7 Å². The number of hydrogen-bond acceptors (Lipinski definition) is 3. The summed E-state index contributed by atoms with van der Waals surface area (Å²) in [4.78, 5) is 14.0. The van der Waals surface area contributed by atoms with Crippen LogP contribution >= 0.6 is 0 Å². The molecule has 0 N–H and O–H groups in total. The second-order valence-corrected chi connectivity index (χ2v) is 8.27. The summed E-state index contributed by atoms with van der Waals surface area (Å²) in [5.74, 6) is 0.458. The molecule has 1 aliphatic rings. The van der Waals surface area contributed by atoms with E-state index < -0.39 is 0 Å². The molecule has 0 amide bonds. The highest BCUT2D eigenvalue weighted by Crippen LogP contribution is 2.40. The van der Waals surface area contributed by atoms with Gasteiger partial charge in [-0.2, -0.15) is 0 Å². The van der Waals surface area contributed by atoms with Crippen molar-refractivity contribution in [1.29, 1.82) is 0 Å². The molecule has 2 atom stereocenters. The van der Waals surface area contributed by atoms with Crippen molar-refractivity contribution in [3.63, 3.8) is 0 Å². The van der Waals surface area contributed by atoms with Gasteiger partial charge in [0.05, 0.1) is 7.11 Å². The maximum absolute atomic E-state index is 11.4. The van der Waals surface area contributed by atoms with Crippen LogP contribution in [0.3, 0.4) is 0 Å². The first-order valence-electron chi connectivity index (χ1n) is 11.1. The van der Waals surface area contributed by atoms with E-state index in [-0.39, 0.29) is 5.97 Å². The van der Waals surface area contributed by atoms with Gasteiger partial charge in [-0.05, 0) is 61.1 Å². The highest BCUT2D eigenvalue weighted by Gasteiger charge is 2.30. The van der Waals surface area contributed by atoms with E-state index in [4.69, 9.17) is 4.74 Å². The zero-order chi connectivity index (χ0) is 20.9. The minimum absolute atomic E-state index is 0.147. The number of carbonyl (C=O) groups excluding carboxylic acids is 1. The molecule has 1 aliphatic carbocycles. The molecular formula is C27H31NO2. The third kappa shape index (κ3) is 4.35. The zero-order valence-corrected chi connectivity index (χ0v) is 18.0. The smallest absolute Gasteiger partial charge is 0.305 e. The van der Waals surface area contributed by atoms with E-state index in [0.717, 1.165) is 13.0 Å². The molecule has 0 heterocycles. The summed E-state index contributed by atoms with van der Waals surface area (Å²) < 4.78 is 4.74. The van der Waals surface area contributed by atoms with Crippen LogP contribution in [0, 0.1) is 0 Å². The number of fused-ring (bicyclic) bond motifs is 1. The van der Waals surface area contributed by atoms with E-state index in [0.29, 0.717) is 18.4 Å². The normalized spacial score (nSPS) is 18.5. The number of rotatable bonds is 7. The van der Waals surface area contributed by atoms with Crippen molar-refractivity contribution in [3.8, 4) is 0 Å². The maximum Gasteiger partial charge on any atom is 0.305 e. The molecule has 0 spiro atoms. The SMILES string of the molecule is CCN(c1cccc2ccccc12)C1CCC(c2ccc(CCC(=O)OC)cc2)C1. The van der Waals surface area contributed by atoms with Crippen molar-refractivity contribution in [2.75, 3.05) is 18.6 Å². The molecule has 156 valence electrons. The molecule has 0 aliphatic heterocycles. The molecule has 3 aromatic carbocycles. The molecule has 1 fully saturated rings. The highest BCUT2D eigenvalue weighted by molar-refractivity contribution is 5.94. The van der Waals surface area contributed by atoms with E-state index in [1.54, 1.807) is 0 Å². The van der Waals surface area contributed by atoms with E-state index in [1.165, 1.54) is 54.0 Å². The monoisotopic (exact) mass is 401 g/mol. The summed E-state index contributed by atoms with van der Waals surface area (Å²) in [6.07, 6.45) is 4.83. The van der Waals surface area contributed by atoms with E-state index in [1.807, 2.05) is 0 Å². The Bertz CT molecular complexity index is 990. The van der Waals surface area contributed by atoms with Gasteiger partial charge in [0.2, 0.25) is 0 Å². The van der Waals surface area contributed by atoms with Crippen LogP contribution in [-0.2, 0) is 16.0 Å². The van der Waals surface area contributed by atoms with Crippen LogP contribution in [0.4, 0.5) is 5.69 Å². The van der Waals surface area contributed by atoms with Crippen molar-refractivity contribution in [3.05, 3.63) is 77.9 Å². The number of nitrogens with zero attached hydrogens (tertiary/aromatic N) is 1. The summed E-state index contributed by atoms with van der Waals surface area (Å²) in [7, 11) is 1.44. The summed E-state index contributed by atoms with van der Waals surface area (Å²) in [6, 6.07) is 24.8. The van der Waals surface area contributed by atoms with Crippen LogP contribution in [0.15, 0.2) is 66.7 Å². The second-order valence-electron chi connectivity index (χ2n) is 8.27. The van der Waals surface area contributed by atoms with Crippen LogP contribution in [0.2, 0.25) is 0 Å². The average molecular weight is 402 g/mol. The van der Waals surface area contributed by atoms with Crippen molar-refractivity contribution in [2.45, 2.75) is 51.0 Å². The Morgan fingerprint density at radius 1 is 1.00 bits per heavy atom. The Labute approximate surface area is 179 Å². The Hall–Kier alpha value is -2.81. The number of esters is 1. The Balaban J connectivity index is 1.46. The Morgan fingerprint density at radius 3 is 2.53 bits per heavy atom. The quantitative estimate of drug-likeness (QED) is 0.448. The minimum atomic E-state index is -0.147. The standard InChI is InChI=1S/C27H31NO2/c1-3-28(26-10-6-8-22-7-4-5-9-25(22)26)24-17-16-23(19-24)21-14-11-20(12-15-21)13-18-27(29)30-2/h4-12,14-15,23-24H,3,13,16-19H2,1-2H3. The number of aryl methyl sites for hydroxylation is 1. The molecule has 3 aromatic rings. The molecule has 2 unspecified atom stereocenters. The first kappa shape index (κ1) is 20.5. The van der Waals surface area contributed by atoms with E-state index in [9.17, 15) is 4.79 Å². The number of anilines is 1. The predicted molar refractivity (Wildman–Crippen MR) is 124 cm³/mol. The van der Waals surface area contributed by atoms with Gasteiger partial charge in [0, 0.05) is 30.1 Å². The fraction of sp³-hybridized carbons (Fsp3) is 0.370.